The molecular formula is C57H37N3. The van der Waals surface area contributed by atoms with Crippen molar-refractivity contribution in [3.05, 3.63) is 224 Å². The molecule has 0 aliphatic heterocycles. The third-order valence-corrected chi connectivity index (χ3v) is 11.5. The Morgan fingerprint density at radius 2 is 0.583 bits per heavy atom. The van der Waals surface area contributed by atoms with Gasteiger partial charge in [0.05, 0.1) is 0 Å². The van der Waals surface area contributed by atoms with Crippen LogP contribution in [0.15, 0.2) is 224 Å². The van der Waals surface area contributed by atoms with E-state index >= 15 is 0 Å². The Labute approximate surface area is 349 Å². The zero-order chi connectivity index (χ0) is 39.8. The average molecular weight is 764 g/mol. The van der Waals surface area contributed by atoms with Gasteiger partial charge in [0.25, 0.3) is 0 Å². The number of rotatable bonds is 7. The summed E-state index contributed by atoms with van der Waals surface area (Å²) in [6.45, 7) is 0. The van der Waals surface area contributed by atoms with Gasteiger partial charge in [-0.15, -0.1) is 0 Å². The van der Waals surface area contributed by atoms with Gasteiger partial charge in [0.2, 0.25) is 0 Å². The number of benzene rings is 10. The number of hydrogen-bond donors (Lipinski definition) is 0. The molecule has 3 heteroatoms. The van der Waals surface area contributed by atoms with Crippen LogP contribution in [0.5, 0.6) is 0 Å². The first kappa shape index (κ1) is 35.2. The predicted molar refractivity (Wildman–Crippen MR) is 250 cm³/mol. The number of hydrogen-bond acceptors (Lipinski definition) is 3. The molecule has 0 N–H and O–H groups in total. The van der Waals surface area contributed by atoms with Crippen molar-refractivity contribution < 1.29 is 0 Å². The van der Waals surface area contributed by atoms with Crippen molar-refractivity contribution in [2.24, 2.45) is 0 Å². The lowest BCUT2D eigenvalue weighted by Crippen LogP contribution is -2.01. The fraction of sp³-hybridized carbons (Fsp3) is 0. The van der Waals surface area contributed by atoms with Crippen LogP contribution >= 0.6 is 0 Å². The minimum atomic E-state index is 0.618. The maximum absolute atomic E-state index is 5.25. The van der Waals surface area contributed by atoms with Crippen LogP contribution in [0.4, 0.5) is 0 Å². The molecule has 0 aliphatic rings. The Morgan fingerprint density at radius 1 is 0.200 bits per heavy atom. The molecule has 0 saturated carbocycles. The van der Waals surface area contributed by atoms with Gasteiger partial charge in [-0.3, -0.25) is 0 Å². The van der Waals surface area contributed by atoms with Crippen molar-refractivity contribution in [1.29, 1.82) is 0 Å². The molecule has 0 radical (unpaired) electrons. The lowest BCUT2D eigenvalue weighted by Gasteiger charge is -2.14. The number of fused-ring (bicyclic) bond motifs is 3. The molecule has 0 saturated heterocycles. The second kappa shape index (κ2) is 15.1. The first-order valence-corrected chi connectivity index (χ1v) is 20.3. The van der Waals surface area contributed by atoms with Crippen molar-refractivity contribution in [3.63, 3.8) is 0 Å². The van der Waals surface area contributed by atoms with E-state index in [4.69, 9.17) is 15.0 Å². The lowest BCUT2D eigenvalue weighted by atomic mass is 9.93. The molecule has 11 rings (SSSR count). The van der Waals surface area contributed by atoms with Crippen LogP contribution < -0.4 is 0 Å². The first-order chi connectivity index (χ1) is 29.7. The largest absolute Gasteiger partial charge is 0.208 e. The van der Waals surface area contributed by atoms with Gasteiger partial charge >= 0.3 is 0 Å². The number of nitrogens with zero attached hydrogens (tertiary/aromatic N) is 3. The van der Waals surface area contributed by atoms with Crippen LogP contribution in [0.1, 0.15) is 0 Å². The van der Waals surface area contributed by atoms with E-state index in [0.29, 0.717) is 17.5 Å². The second-order valence-electron chi connectivity index (χ2n) is 15.3. The van der Waals surface area contributed by atoms with Crippen molar-refractivity contribution in [1.82, 2.24) is 15.0 Å². The monoisotopic (exact) mass is 763 g/mol. The van der Waals surface area contributed by atoms with Crippen LogP contribution in [0.25, 0.3) is 111 Å². The standard InChI is InChI=1S/C57H37N3/c1-2-11-38(12-3-1)41-21-23-42(24-22-41)50-35-51(43-25-29-45(30-26-43)54-20-10-18-44-15-8-9-19-53(44)54)37-52(36-50)57-59-55(48-31-27-39-13-4-6-16-46(39)33-48)58-56(60-57)49-32-28-40-14-5-7-17-47(40)34-49/h1-37H. The van der Waals surface area contributed by atoms with E-state index in [0.717, 1.165) is 49.7 Å². The third kappa shape index (κ3) is 6.78. The van der Waals surface area contributed by atoms with Crippen molar-refractivity contribution in [2.75, 3.05) is 0 Å². The molecule has 0 spiro atoms. The quantitative estimate of drug-likeness (QED) is 0.162. The van der Waals surface area contributed by atoms with Gasteiger partial charge < -0.3 is 0 Å². The summed E-state index contributed by atoms with van der Waals surface area (Å²) in [4.78, 5) is 15.7. The van der Waals surface area contributed by atoms with Crippen LogP contribution in [0.2, 0.25) is 0 Å². The maximum Gasteiger partial charge on any atom is 0.164 e. The lowest BCUT2D eigenvalue weighted by molar-refractivity contribution is 1.08. The molecule has 0 fully saturated rings. The highest BCUT2D eigenvalue weighted by Gasteiger charge is 2.16. The highest BCUT2D eigenvalue weighted by molar-refractivity contribution is 5.97. The molecule has 0 atom stereocenters. The van der Waals surface area contributed by atoms with Crippen molar-refractivity contribution in [3.8, 4) is 78.7 Å². The summed E-state index contributed by atoms with van der Waals surface area (Å²) in [5, 5.41) is 7.10. The molecule has 60 heavy (non-hydrogen) atoms. The van der Waals surface area contributed by atoms with Gasteiger partial charge in [-0.2, -0.15) is 0 Å². The Hall–Kier alpha value is -8.01. The Kier molecular flexibility index (Phi) is 8.83. The first-order valence-electron chi connectivity index (χ1n) is 20.3. The summed E-state index contributed by atoms with van der Waals surface area (Å²) < 4.78 is 0. The summed E-state index contributed by atoms with van der Waals surface area (Å²) in [5.41, 5.74) is 12.0. The van der Waals surface area contributed by atoms with Crippen LogP contribution in [0, 0.1) is 0 Å². The Balaban J connectivity index is 1.08. The molecule has 10 aromatic carbocycles. The molecule has 0 bridgehead atoms. The van der Waals surface area contributed by atoms with E-state index in [2.05, 4.69) is 224 Å². The summed E-state index contributed by atoms with van der Waals surface area (Å²) in [5.74, 6) is 1.88. The van der Waals surface area contributed by atoms with Gasteiger partial charge in [-0.05, 0) is 107 Å². The van der Waals surface area contributed by atoms with E-state index in [1.165, 1.54) is 43.8 Å². The molecule has 3 nitrogen and oxygen atoms in total. The molecule has 11 aromatic rings. The summed E-state index contributed by atoms with van der Waals surface area (Å²) >= 11 is 0. The fourth-order valence-electron chi connectivity index (χ4n) is 8.32. The summed E-state index contributed by atoms with van der Waals surface area (Å²) in [6.07, 6.45) is 0. The van der Waals surface area contributed by atoms with Gasteiger partial charge in [-0.25, -0.2) is 15.0 Å². The van der Waals surface area contributed by atoms with E-state index in [1.807, 2.05) is 0 Å². The molecule has 1 aromatic heterocycles. The Bertz CT molecular complexity index is 3250. The molecule has 0 amide bonds. The van der Waals surface area contributed by atoms with Crippen LogP contribution in [-0.4, -0.2) is 15.0 Å². The zero-order valence-electron chi connectivity index (χ0n) is 32.7. The van der Waals surface area contributed by atoms with Gasteiger partial charge in [0.15, 0.2) is 17.5 Å². The van der Waals surface area contributed by atoms with E-state index in [1.54, 1.807) is 0 Å². The van der Waals surface area contributed by atoms with Crippen molar-refractivity contribution >= 4 is 32.3 Å². The average Bonchev–Trinajstić information content (AvgIpc) is 3.33. The fourth-order valence-corrected chi connectivity index (χ4v) is 8.32. The number of aromatic nitrogens is 3. The SMILES string of the molecule is c1ccc(-c2ccc(-c3cc(-c4ccc(-c5cccc6ccccc56)cc4)cc(-c4nc(-c5ccc6ccccc6c5)nc(-c5ccc6ccccc6c5)n4)c3)cc2)cc1. The molecule has 0 aliphatic carbocycles. The van der Waals surface area contributed by atoms with Crippen molar-refractivity contribution in [2.45, 2.75) is 0 Å². The molecule has 1 heterocycles. The summed E-state index contributed by atoms with van der Waals surface area (Å²) in [7, 11) is 0. The minimum absolute atomic E-state index is 0.618. The normalized spacial score (nSPS) is 11.3. The highest BCUT2D eigenvalue weighted by atomic mass is 15.0. The Morgan fingerprint density at radius 3 is 1.15 bits per heavy atom. The van der Waals surface area contributed by atoms with E-state index in [-0.39, 0.29) is 0 Å². The molecular weight excluding hydrogens is 727 g/mol. The topological polar surface area (TPSA) is 38.7 Å². The molecule has 280 valence electrons. The zero-order valence-corrected chi connectivity index (χ0v) is 32.7. The second-order valence-corrected chi connectivity index (χ2v) is 15.3. The van der Waals surface area contributed by atoms with E-state index < -0.39 is 0 Å². The van der Waals surface area contributed by atoms with Crippen LogP contribution in [-0.2, 0) is 0 Å². The smallest absolute Gasteiger partial charge is 0.164 e. The van der Waals surface area contributed by atoms with E-state index in [9.17, 15) is 0 Å². The predicted octanol–water partition coefficient (Wildman–Crippen LogP) is 15.0. The maximum atomic E-state index is 5.25. The third-order valence-electron chi connectivity index (χ3n) is 11.5. The highest BCUT2D eigenvalue weighted by Crippen LogP contribution is 2.37. The van der Waals surface area contributed by atoms with Gasteiger partial charge in [0.1, 0.15) is 0 Å². The minimum Gasteiger partial charge on any atom is -0.208 e. The van der Waals surface area contributed by atoms with Gasteiger partial charge in [0, 0.05) is 16.7 Å². The van der Waals surface area contributed by atoms with Gasteiger partial charge in [-0.1, -0.05) is 194 Å². The molecule has 0 unspecified atom stereocenters. The summed E-state index contributed by atoms with van der Waals surface area (Å²) in [6, 6.07) is 79.7. The van der Waals surface area contributed by atoms with Crippen LogP contribution in [0.3, 0.4) is 0 Å².